The summed E-state index contributed by atoms with van der Waals surface area (Å²) in [5.74, 6) is -0.414. The summed E-state index contributed by atoms with van der Waals surface area (Å²) in [4.78, 5) is 26.3. The first-order chi connectivity index (χ1) is 8.60. The Morgan fingerprint density at radius 3 is 2.50 bits per heavy atom. The van der Waals surface area contributed by atoms with Crippen LogP contribution in [-0.4, -0.2) is 65.7 Å². The number of nitrogens with zero attached hydrogens (tertiary/aromatic N) is 2. The molecule has 6 nitrogen and oxygen atoms in total. The van der Waals surface area contributed by atoms with Crippen LogP contribution in [0.1, 0.15) is 19.8 Å². The van der Waals surface area contributed by atoms with Crippen molar-refractivity contribution < 1.29 is 14.7 Å². The molecule has 0 radical (unpaired) electrons. The summed E-state index contributed by atoms with van der Waals surface area (Å²) >= 11 is 0. The van der Waals surface area contributed by atoms with Gasteiger partial charge in [0.25, 0.3) is 0 Å². The van der Waals surface area contributed by atoms with Crippen LogP contribution in [0.2, 0.25) is 0 Å². The highest BCUT2D eigenvalue weighted by molar-refractivity contribution is 5.80. The summed E-state index contributed by atoms with van der Waals surface area (Å²) in [6.07, 6.45) is 2.27. The van der Waals surface area contributed by atoms with Crippen LogP contribution in [0.25, 0.3) is 0 Å². The lowest BCUT2D eigenvalue weighted by Crippen LogP contribution is -2.59. The lowest BCUT2D eigenvalue weighted by atomic mass is 9.84. The Kier molecular flexibility index (Phi) is 4.06. The Bertz CT molecular complexity index is 327. The second kappa shape index (κ2) is 5.56. The Hall–Kier alpha value is -1.30. The first kappa shape index (κ1) is 13.1. The van der Waals surface area contributed by atoms with Crippen LogP contribution in [0, 0.1) is 5.92 Å². The Morgan fingerprint density at radius 1 is 1.39 bits per heavy atom. The summed E-state index contributed by atoms with van der Waals surface area (Å²) < 4.78 is 0. The van der Waals surface area contributed by atoms with Crippen LogP contribution in [0.5, 0.6) is 0 Å². The second-order valence-corrected chi connectivity index (χ2v) is 5.10. The standard InChI is InChI=1S/C12H21N3O3/c1-2-15(8-11(16)17)12(18)13-10-7-14-5-3-9(10)4-6-14/h9-10H,2-8H2,1H3,(H,13,18)(H,16,17). The van der Waals surface area contributed by atoms with Crippen molar-refractivity contribution in [2.45, 2.75) is 25.8 Å². The molecule has 1 unspecified atom stereocenters. The van der Waals surface area contributed by atoms with Crippen LogP contribution >= 0.6 is 0 Å². The number of amides is 2. The maximum Gasteiger partial charge on any atom is 0.323 e. The summed E-state index contributed by atoms with van der Waals surface area (Å²) in [6.45, 7) is 5.13. The zero-order chi connectivity index (χ0) is 13.1. The fourth-order valence-electron chi connectivity index (χ4n) is 2.87. The van der Waals surface area contributed by atoms with E-state index in [0.29, 0.717) is 12.5 Å². The molecule has 3 saturated heterocycles. The number of carbonyl (C=O) groups excluding carboxylic acids is 1. The minimum Gasteiger partial charge on any atom is -0.480 e. The number of hydrogen-bond donors (Lipinski definition) is 2. The molecule has 3 fully saturated rings. The largest absolute Gasteiger partial charge is 0.480 e. The third-order valence-electron chi connectivity index (χ3n) is 3.96. The molecule has 2 N–H and O–H groups in total. The molecule has 102 valence electrons. The number of fused-ring (bicyclic) bond motifs is 3. The highest BCUT2D eigenvalue weighted by Gasteiger charge is 2.35. The quantitative estimate of drug-likeness (QED) is 0.752. The number of piperidine rings is 3. The highest BCUT2D eigenvalue weighted by Crippen LogP contribution is 2.27. The molecule has 0 spiro atoms. The first-order valence-electron chi connectivity index (χ1n) is 6.59. The van der Waals surface area contributed by atoms with Crippen molar-refractivity contribution in [3.8, 4) is 0 Å². The van der Waals surface area contributed by atoms with E-state index >= 15 is 0 Å². The molecule has 0 aromatic rings. The molecule has 6 heteroatoms. The van der Waals surface area contributed by atoms with Crippen LogP contribution in [0.15, 0.2) is 0 Å². The lowest BCUT2D eigenvalue weighted by Gasteiger charge is -2.45. The molecule has 2 amide bonds. The molecule has 2 bridgehead atoms. The van der Waals surface area contributed by atoms with E-state index in [2.05, 4.69) is 10.2 Å². The van der Waals surface area contributed by atoms with Crippen LogP contribution < -0.4 is 5.32 Å². The molecule has 0 aliphatic carbocycles. The van der Waals surface area contributed by atoms with E-state index < -0.39 is 5.97 Å². The van der Waals surface area contributed by atoms with Crippen LogP contribution in [0.4, 0.5) is 4.79 Å². The fourth-order valence-corrected chi connectivity index (χ4v) is 2.87. The number of carboxylic acid groups (broad SMARTS) is 1. The fraction of sp³-hybridized carbons (Fsp3) is 0.833. The van der Waals surface area contributed by atoms with Gasteiger partial charge in [-0.15, -0.1) is 0 Å². The number of carboxylic acids is 1. The predicted molar refractivity (Wildman–Crippen MR) is 66.4 cm³/mol. The van der Waals surface area contributed by atoms with Crippen molar-refractivity contribution in [3.05, 3.63) is 0 Å². The number of aliphatic carboxylic acids is 1. The van der Waals surface area contributed by atoms with Gasteiger partial charge in [0.1, 0.15) is 6.54 Å². The van der Waals surface area contributed by atoms with Gasteiger partial charge in [0.05, 0.1) is 0 Å². The number of likely N-dealkylation sites (N-methyl/N-ethyl adjacent to an activating group) is 1. The lowest BCUT2D eigenvalue weighted by molar-refractivity contribution is -0.137. The maximum absolute atomic E-state index is 12.0. The molecule has 0 saturated carbocycles. The monoisotopic (exact) mass is 255 g/mol. The minimum atomic E-state index is -0.971. The number of rotatable bonds is 4. The maximum atomic E-state index is 12.0. The number of urea groups is 1. The van der Waals surface area contributed by atoms with E-state index in [4.69, 9.17) is 5.11 Å². The summed E-state index contributed by atoms with van der Waals surface area (Å²) in [5, 5.41) is 11.7. The molecule has 3 aliphatic heterocycles. The van der Waals surface area contributed by atoms with E-state index in [0.717, 1.165) is 32.5 Å². The van der Waals surface area contributed by atoms with Crippen molar-refractivity contribution in [1.82, 2.24) is 15.1 Å². The number of carbonyl (C=O) groups is 2. The van der Waals surface area contributed by atoms with Crippen molar-refractivity contribution in [1.29, 1.82) is 0 Å². The van der Waals surface area contributed by atoms with Gasteiger partial charge in [0.2, 0.25) is 0 Å². The van der Waals surface area contributed by atoms with E-state index in [-0.39, 0.29) is 18.6 Å². The third kappa shape index (κ3) is 2.93. The van der Waals surface area contributed by atoms with E-state index in [9.17, 15) is 9.59 Å². The molecular formula is C12H21N3O3. The highest BCUT2D eigenvalue weighted by atomic mass is 16.4. The average Bonchev–Trinajstić information content (AvgIpc) is 2.37. The SMILES string of the molecule is CCN(CC(=O)O)C(=O)NC1CN2CCC1CC2. The Balaban J connectivity index is 1.88. The van der Waals surface area contributed by atoms with Gasteiger partial charge in [-0.05, 0) is 38.8 Å². The number of nitrogens with one attached hydrogen (secondary N) is 1. The molecule has 0 aromatic heterocycles. The van der Waals surface area contributed by atoms with E-state index in [1.807, 2.05) is 0 Å². The molecule has 3 aliphatic rings. The minimum absolute atomic E-state index is 0.183. The van der Waals surface area contributed by atoms with Gasteiger partial charge < -0.3 is 20.2 Å². The van der Waals surface area contributed by atoms with Crippen LogP contribution in [0.3, 0.4) is 0 Å². The Labute approximate surface area is 107 Å². The predicted octanol–water partition coefficient (Wildman–Crippen LogP) is 0.197. The molecule has 3 rings (SSSR count). The molecule has 0 aromatic carbocycles. The molecule has 1 atom stereocenters. The zero-order valence-electron chi connectivity index (χ0n) is 10.8. The van der Waals surface area contributed by atoms with Gasteiger partial charge in [-0.1, -0.05) is 0 Å². The number of hydrogen-bond acceptors (Lipinski definition) is 3. The first-order valence-corrected chi connectivity index (χ1v) is 6.59. The van der Waals surface area contributed by atoms with Crippen molar-refractivity contribution in [2.24, 2.45) is 5.92 Å². The zero-order valence-corrected chi connectivity index (χ0v) is 10.8. The van der Waals surface area contributed by atoms with Gasteiger partial charge in [0, 0.05) is 19.1 Å². The van der Waals surface area contributed by atoms with Crippen molar-refractivity contribution in [2.75, 3.05) is 32.7 Å². The summed E-state index contributed by atoms with van der Waals surface area (Å²) in [5.41, 5.74) is 0. The molecular weight excluding hydrogens is 234 g/mol. The van der Waals surface area contributed by atoms with E-state index in [1.165, 1.54) is 4.90 Å². The topological polar surface area (TPSA) is 72.9 Å². The van der Waals surface area contributed by atoms with Gasteiger partial charge in [-0.2, -0.15) is 0 Å². The summed E-state index contributed by atoms with van der Waals surface area (Å²) in [7, 11) is 0. The van der Waals surface area contributed by atoms with Gasteiger partial charge in [0.15, 0.2) is 0 Å². The second-order valence-electron chi connectivity index (χ2n) is 5.10. The van der Waals surface area contributed by atoms with Crippen molar-refractivity contribution >= 4 is 12.0 Å². The van der Waals surface area contributed by atoms with Crippen molar-refractivity contribution in [3.63, 3.8) is 0 Å². The average molecular weight is 255 g/mol. The molecule has 3 heterocycles. The normalized spacial score (nSPS) is 29.9. The third-order valence-corrected chi connectivity index (χ3v) is 3.96. The van der Waals surface area contributed by atoms with Gasteiger partial charge in [-0.25, -0.2) is 4.79 Å². The smallest absolute Gasteiger partial charge is 0.323 e. The van der Waals surface area contributed by atoms with E-state index in [1.54, 1.807) is 6.92 Å². The van der Waals surface area contributed by atoms with Crippen LogP contribution in [-0.2, 0) is 4.79 Å². The van der Waals surface area contributed by atoms with Gasteiger partial charge in [-0.3, -0.25) is 4.79 Å². The summed E-state index contributed by atoms with van der Waals surface area (Å²) in [6, 6.07) is -0.0681. The van der Waals surface area contributed by atoms with Gasteiger partial charge >= 0.3 is 12.0 Å². The molecule has 18 heavy (non-hydrogen) atoms. The Morgan fingerprint density at radius 2 is 2.06 bits per heavy atom.